The highest BCUT2D eigenvalue weighted by atomic mass is 35.5. The van der Waals surface area contributed by atoms with Gasteiger partial charge in [0.2, 0.25) is 0 Å². The molecule has 0 unspecified atom stereocenters. The lowest BCUT2D eigenvalue weighted by Gasteiger charge is -2.39. The van der Waals surface area contributed by atoms with Crippen molar-refractivity contribution in [2.75, 3.05) is 12.8 Å². The van der Waals surface area contributed by atoms with Gasteiger partial charge in [-0.25, -0.2) is 32.0 Å². The van der Waals surface area contributed by atoms with E-state index in [1.165, 1.54) is 41.6 Å². The number of hydrogen-bond donors (Lipinski definition) is 0. The molecule has 1 amide bonds. The Bertz CT molecular complexity index is 1860. The van der Waals surface area contributed by atoms with E-state index in [9.17, 15) is 22.9 Å². The van der Waals surface area contributed by atoms with Gasteiger partial charge in [-0.2, -0.15) is 5.26 Å². The van der Waals surface area contributed by atoms with Crippen molar-refractivity contribution in [1.29, 1.82) is 5.26 Å². The molecule has 5 rings (SSSR count). The second-order valence-corrected chi connectivity index (χ2v) is 13.7. The molecule has 1 fully saturated rings. The van der Waals surface area contributed by atoms with Crippen molar-refractivity contribution >= 4 is 49.5 Å². The third-order valence-electron chi connectivity index (χ3n) is 7.18. The Morgan fingerprint density at radius 1 is 1.21 bits per heavy atom. The van der Waals surface area contributed by atoms with E-state index in [0.717, 1.165) is 6.26 Å². The van der Waals surface area contributed by atoms with Crippen LogP contribution in [0.3, 0.4) is 0 Å². The highest BCUT2D eigenvalue weighted by Crippen LogP contribution is 2.41. The van der Waals surface area contributed by atoms with Crippen LogP contribution in [0.5, 0.6) is 0 Å². The summed E-state index contributed by atoms with van der Waals surface area (Å²) >= 11 is 6.59. The zero-order valence-electron chi connectivity index (χ0n) is 23.4. The normalized spacial score (nSPS) is 17.9. The van der Waals surface area contributed by atoms with Crippen molar-refractivity contribution < 1.29 is 26.7 Å². The van der Waals surface area contributed by atoms with Crippen LogP contribution in [0.25, 0.3) is 33.1 Å². The van der Waals surface area contributed by atoms with Gasteiger partial charge in [0.25, 0.3) is 0 Å². The van der Waals surface area contributed by atoms with Crippen molar-refractivity contribution in [1.82, 2.24) is 19.4 Å². The molecule has 0 radical (unpaired) electrons. The van der Waals surface area contributed by atoms with Crippen LogP contribution in [0.15, 0.2) is 41.7 Å². The third-order valence-corrected chi connectivity index (χ3v) is 8.46. The molecule has 0 N–H and O–H groups in total. The number of sulfone groups is 1. The molecule has 220 valence electrons. The van der Waals surface area contributed by atoms with E-state index < -0.39 is 44.2 Å². The molecule has 0 aliphatic carbocycles. The van der Waals surface area contributed by atoms with Gasteiger partial charge >= 0.3 is 6.09 Å². The second kappa shape index (κ2) is 10.8. The third kappa shape index (κ3) is 5.51. The minimum Gasteiger partial charge on any atom is -0.444 e. The molecule has 42 heavy (non-hydrogen) atoms. The van der Waals surface area contributed by atoms with Crippen LogP contribution in [0.1, 0.15) is 46.1 Å². The lowest BCUT2D eigenvalue weighted by molar-refractivity contribution is 0.00618. The van der Waals surface area contributed by atoms with Gasteiger partial charge in [0.15, 0.2) is 20.7 Å². The highest BCUT2D eigenvalue weighted by Gasteiger charge is 2.36. The first-order valence-electron chi connectivity index (χ1n) is 13.2. The molecule has 1 aliphatic heterocycles. The van der Waals surface area contributed by atoms with Crippen molar-refractivity contribution in [2.45, 2.75) is 62.7 Å². The second-order valence-electron chi connectivity index (χ2n) is 11.4. The van der Waals surface area contributed by atoms with Gasteiger partial charge in [-0.3, -0.25) is 0 Å². The van der Waals surface area contributed by atoms with Gasteiger partial charge in [-0.15, -0.1) is 0 Å². The summed E-state index contributed by atoms with van der Waals surface area (Å²) in [6.45, 7) is 5.56. The summed E-state index contributed by atoms with van der Waals surface area (Å²) in [7, 11) is -3.95. The number of ether oxygens (including phenoxy) is 1. The Hall–Kier alpha value is -3.82. The molecule has 2 aromatic heterocycles. The monoisotopic (exact) mass is 615 g/mol. The van der Waals surface area contributed by atoms with Crippen molar-refractivity contribution in [2.24, 2.45) is 0 Å². The van der Waals surface area contributed by atoms with Crippen LogP contribution in [0.2, 0.25) is 5.02 Å². The minimum atomic E-state index is -3.95. The summed E-state index contributed by atoms with van der Waals surface area (Å²) < 4.78 is 62.7. The molecule has 1 aliphatic rings. The van der Waals surface area contributed by atoms with E-state index in [0.29, 0.717) is 23.9 Å². The van der Waals surface area contributed by atoms with Gasteiger partial charge in [0, 0.05) is 35.8 Å². The van der Waals surface area contributed by atoms with Crippen LogP contribution in [-0.2, 0) is 14.6 Å². The number of pyridine rings is 1. The van der Waals surface area contributed by atoms with Crippen LogP contribution in [-0.4, -0.2) is 58.4 Å². The van der Waals surface area contributed by atoms with E-state index in [1.54, 1.807) is 25.3 Å². The summed E-state index contributed by atoms with van der Waals surface area (Å²) in [4.78, 5) is 23.0. The van der Waals surface area contributed by atoms with Crippen LogP contribution >= 0.6 is 11.6 Å². The Morgan fingerprint density at radius 2 is 1.90 bits per heavy atom. The number of rotatable bonds is 4. The van der Waals surface area contributed by atoms with E-state index in [4.69, 9.17) is 16.3 Å². The highest BCUT2D eigenvalue weighted by molar-refractivity contribution is 7.90. The predicted octanol–water partition coefficient (Wildman–Crippen LogP) is 6.44. The molecule has 2 atom stereocenters. The first-order chi connectivity index (χ1) is 19.7. The number of aromatic nitrogens is 3. The van der Waals surface area contributed by atoms with Gasteiger partial charge in [-0.05, 0) is 57.4 Å². The number of imidazole rings is 1. The van der Waals surface area contributed by atoms with Gasteiger partial charge in [-0.1, -0.05) is 23.7 Å². The smallest absolute Gasteiger partial charge is 0.410 e. The number of benzene rings is 2. The number of halogens is 3. The number of hydrogen-bond acceptors (Lipinski definition) is 7. The zero-order valence-corrected chi connectivity index (χ0v) is 24.9. The molecule has 3 heterocycles. The molecule has 2 aromatic carbocycles. The molecular weight excluding hydrogens is 588 g/mol. The van der Waals surface area contributed by atoms with E-state index in [2.05, 4.69) is 16.0 Å². The molecule has 0 saturated carbocycles. The molecule has 13 heteroatoms. The summed E-state index contributed by atoms with van der Waals surface area (Å²) in [5.74, 6) is -1.36. The van der Waals surface area contributed by atoms with Crippen molar-refractivity contribution in [3.63, 3.8) is 0 Å². The Labute approximate surface area is 246 Å². The molecule has 9 nitrogen and oxygen atoms in total. The SMILES string of the molecule is CC(C)(C)OC(=O)N1CC[C@H](n2cnc3c(S(C)(=O)=O)nc4c(F)c(-c5ccc(F)cc5)c(Cl)cc4c32)C[C@H]1CC#N. The van der Waals surface area contributed by atoms with Crippen LogP contribution < -0.4 is 0 Å². The topological polar surface area (TPSA) is 118 Å². The number of carbonyl (C=O) groups excluding carboxylic acids is 1. The molecule has 0 spiro atoms. The quantitative estimate of drug-likeness (QED) is 0.259. The fourth-order valence-corrected chi connectivity index (χ4v) is 6.46. The van der Waals surface area contributed by atoms with Crippen molar-refractivity contribution in [3.05, 3.63) is 53.3 Å². The lowest BCUT2D eigenvalue weighted by atomic mass is 9.95. The maximum absolute atomic E-state index is 16.2. The first kappa shape index (κ1) is 29.7. The maximum atomic E-state index is 16.2. The number of likely N-dealkylation sites (tertiary alicyclic amines) is 1. The van der Waals surface area contributed by atoms with E-state index in [1.807, 2.05) is 0 Å². The Balaban J connectivity index is 1.67. The van der Waals surface area contributed by atoms with Crippen LogP contribution in [0.4, 0.5) is 13.6 Å². The van der Waals surface area contributed by atoms with Crippen LogP contribution in [0, 0.1) is 23.0 Å². The predicted molar refractivity (Wildman–Crippen MR) is 154 cm³/mol. The molecular formula is C29H28ClF2N5O4S. The first-order valence-corrected chi connectivity index (χ1v) is 15.5. The summed E-state index contributed by atoms with van der Waals surface area (Å²) in [6, 6.07) is 7.93. The maximum Gasteiger partial charge on any atom is 0.410 e. The summed E-state index contributed by atoms with van der Waals surface area (Å²) in [5.41, 5.74) is -0.310. The van der Waals surface area contributed by atoms with Gasteiger partial charge < -0.3 is 14.2 Å². The number of fused-ring (bicyclic) bond motifs is 3. The van der Waals surface area contributed by atoms with E-state index >= 15 is 4.39 Å². The number of carbonyl (C=O) groups is 1. The average molecular weight is 616 g/mol. The zero-order chi connectivity index (χ0) is 30.6. The Morgan fingerprint density at radius 3 is 2.52 bits per heavy atom. The fourth-order valence-electron chi connectivity index (χ4n) is 5.40. The largest absolute Gasteiger partial charge is 0.444 e. The summed E-state index contributed by atoms with van der Waals surface area (Å²) in [6.07, 6.45) is 2.76. The summed E-state index contributed by atoms with van der Waals surface area (Å²) in [5, 5.41) is 9.38. The number of amides is 1. The number of nitrogens with zero attached hydrogens (tertiary/aromatic N) is 5. The average Bonchev–Trinajstić information content (AvgIpc) is 3.33. The van der Waals surface area contributed by atoms with Gasteiger partial charge in [0.1, 0.15) is 22.5 Å². The van der Waals surface area contributed by atoms with E-state index in [-0.39, 0.29) is 46.0 Å². The molecule has 4 aromatic rings. The van der Waals surface area contributed by atoms with Crippen molar-refractivity contribution in [3.8, 4) is 17.2 Å². The molecule has 1 saturated heterocycles. The molecule has 0 bridgehead atoms. The number of nitriles is 1. The Kier molecular flexibility index (Phi) is 7.62. The standard InChI is InChI=1S/C29H28ClF2N5O4S/c1-29(2,3)41-28(38)36-12-10-19(13-18(36)9-11-33)37-15-34-25-26(37)20-14-21(30)22(16-5-7-17(31)8-6-16)23(32)24(20)35-27(25)42(4,39)40/h5-8,14-15,18-19H,9-10,12-13H2,1-4H3/t18-,19+/m1/s1. The lowest BCUT2D eigenvalue weighted by Crippen LogP contribution is -2.48. The number of piperidine rings is 1. The fraction of sp³-hybridized carbons (Fsp3) is 0.379. The van der Waals surface area contributed by atoms with Gasteiger partial charge in [0.05, 0.1) is 29.4 Å². The minimum absolute atomic E-state index is 0.0247.